The molecule has 0 aromatic heterocycles. The third-order valence-electron chi connectivity index (χ3n) is 7.86. The van der Waals surface area contributed by atoms with Crippen molar-refractivity contribution in [2.75, 3.05) is 39.7 Å². The Bertz CT molecular complexity index is 1420. The van der Waals surface area contributed by atoms with Gasteiger partial charge in [0, 0.05) is 40.6 Å². The van der Waals surface area contributed by atoms with Gasteiger partial charge in [0.1, 0.15) is 30.0 Å². The topological polar surface area (TPSA) is 84.9 Å². The fourth-order valence-corrected chi connectivity index (χ4v) is 5.83. The minimum absolute atomic E-state index is 0.272. The minimum Gasteiger partial charge on any atom is -0.491 e. The van der Waals surface area contributed by atoms with E-state index in [1.165, 1.54) is 0 Å². The Hall–Kier alpha value is -3.57. The number of rotatable bonds is 16. The molecule has 0 saturated carbocycles. The van der Waals surface area contributed by atoms with Gasteiger partial charge in [0.05, 0.1) is 26.4 Å². The van der Waals surface area contributed by atoms with E-state index in [2.05, 4.69) is 19.6 Å². The molecular formula is C36H47NO8Si. The Morgan fingerprint density at radius 3 is 2.33 bits per heavy atom. The van der Waals surface area contributed by atoms with Crippen molar-refractivity contribution >= 4 is 14.2 Å². The normalized spacial score (nSPS) is 17.3. The third-order valence-corrected chi connectivity index (χ3v) is 9.57. The van der Waals surface area contributed by atoms with Crippen LogP contribution in [0.5, 0.6) is 17.2 Å². The molecule has 10 heteroatoms. The molecule has 0 radical (unpaired) electrons. The zero-order valence-corrected chi connectivity index (χ0v) is 28.7. The molecule has 9 nitrogen and oxygen atoms in total. The van der Waals surface area contributed by atoms with Crippen LogP contribution in [-0.4, -0.2) is 64.6 Å². The van der Waals surface area contributed by atoms with Crippen LogP contribution in [0.15, 0.2) is 66.7 Å². The highest BCUT2D eigenvalue weighted by molar-refractivity contribution is 6.76. The summed E-state index contributed by atoms with van der Waals surface area (Å²) in [5.41, 5.74) is 4.10. The SMILES string of the molecule is CC1(C)OCc2cc(C3CN(CCc4ccc(OCCOCc5ccc(OCOCC[Si](C)(C)C)cc5)cc4)C(=O)O3)ccc2O1. The average Bonchev–Trinajstić information content (AvgIpc) is 3.40. The fraction of sp³-hybridized carbons (Fsp3) is 0.472. The molecule has 1 amide bonds. The second-order valence-electron chi connectivity index (χ2n) is 13.4. The van der Waals surface area contributed by atoms with E-state index in [1.54, 1.807) is 4.90 Å². The van der Waals surface area contributed by atoms with Gasteiger partial charge in [-0.05, 0) is 65.6 Å². The lowest BCUT2D eigenvalue weighted by Gasteiger charge is -2.32. The van der Waals surface area contributed by atoms with E-state index in [4.69, 9.17) is 33.2 Å². The van der Waals surface area contributed by atoms with Gasteiger partial charge in [-0.25, -0.2) is 4.79 Å². The summed E-state index contributed by atoms with van der Waals surface area (Å²) in [7, 11) is -1.08. The predicted molar refractivity (Wildman–Crippen MR) is 178 cm³/mol. The molecule has 1 saturated heterocycles. The summed E-state index contributed by atoms with van der Waals surface area (Å²) >= 11 is 0. The van der Waals surface area contributed by atoms with Crippen molar-refractivity contribution in [2.24, 2.45) is 0 Å². The molecule has 1 unspecified atom stereocenters. The van der Waals surface area contributed by atoms with Crippen molar-refractivity contribution < 1.29 is 38.0 Å². The van der Waals surface area contributed by atoms with Crippen molar-refractivity contribution in [2.45, 2.75) is 71.1 Å². The Labute approximate surface area is 273 Å². The van der Waals surface area contributed by atoms with Gasteiger partial charge in [0.25, 0.3) is 0 Å². The summed E-state index contributed by atoms with van der Waals surface area (Å²) in [5, 5.41) is 0. The van der Waals surface area contributed by atoms with Crippen molar-refractivity contribution in [3.63, 3.8) is 0 Å². The van der Waals surface area contributed by atoms with Gasteiger partial charge in [0.15, 0.2) is 6.79 Å². The monoisotopic (exact) mass is 649 g/mol. The maximum Gasteiger partial charge on any atom is 0.410 e. The van der Waals surface area contributed by atoms with Gasteiger partial charge in [-0.15, -0.1) is 0 Å². The highest BCUT2D eigenvalue weighted by Crippen LogP contribution is 2.35. The van der Waals surface area contributed by atoms with E-state index in [0.717, 1.165) is 58.6 Å². The van der Waals surface area contributed by atoms with Crippen LogP contribution in [0.25, 0.3) is 0 Å². The fourth-order valence-electron chi connectivity index (χ4n) is 5.08. The van der Waals surface area contributed by atoms with Gasteiger partial charge in [0.2, 0.25) is 5.79 Å². The van der Waals surface area contributed by atoms with Crippen LogP contribution in [0.2, 0.25) is 25.7 Å². The Kier molecular flexibility index (Phi) is 11.3. The molecule has 0 spiro atoms. The quantitative estimate of drug-likeness (QED) is 0.0905. The molecule has 2 aliphatic heterocycles. The predicted octanol–water partition coefficient (Wildman–Crippen LogP) is 7.35. The Morgan fingerprint density at radius 2 is 1.59 bits per heavy atom. The van der Waals surface area contributed by atoms with E-state index in [9.17, 15) is 4.79 Å². The van der Waals surface area contributed by atoms with Crippen LogP contribution in [0.1, 0.15) is 42.2 Å². The summed E-state index contributed by atoms with van der Waals surface area (Å²) in [5.74, 6) is 1.74. The van der Waals surface area contributed by atoms with Crippen molar-refractivity contribution in [1.82, 2.24) is 4.90 Å². The standard InChI is InChI=1S/C36H47NO8Si/c1-36(2)43-25-30-22-29(10-15-33(30)45-36)34-23-37(35(38)44-34)17-16-27-6-11-31(12-7-27)41-19-18-39-24-28-8-13-32(14-9-28)42-26-40-20-21-46(3,4)5/h6-15,22,34H,16-21,23-26H2,1-5H3. The molecule has 1 fully saturated rings. The largest absolute Gasteiger partial charge is 0.491 e. The third kappa shape index (κ3) is 10.2. The van der Waals surface area contributed by atoms with Crippen LogP contribution < -0.4 is 14.2 Å². The first-order valence-corrected chi connectivity index (χ1v) is 19.7. The van der Waals surface area contributed by atoms with Crippen molar-refractivity contribution in [3.05, 3.63) is 89.0 Å². The number of nitrogens with zero attached hydrogens (tertiary/aromatic N) is 1. The smallest absolute Gasteiger partial charge is 0.410 e. The van der Waals surface area contributed by atoms with E-state index < -0.39 is 13.9 Å². The summed E-state index contributed by atoms with van der Waals surface area (Å²) in [6.07, 6.45) is 0.119. The van der Waals surface area contributed by atoms with Crippen LogP contribution in [0, 0.1) is 0 Å². The number of ether oxygens (including phenoxy) is 7. The minimum atomic E-state index is -1.08. The maximum atomic E-state index is 12.6. The van der Waals surface area contributed by atoms with Gasteiger partial charge >= 0.3 is 6.09 Å². The lowest BCUT2D eigenvalue weighted by Crippen LogP contribution is -2.35. The second kappa shape index (κ2) is 15.3. The number of fused-ring (bicyclic) bond motifs is 1. The Balaban J connectivity index is 0.959. The zero-order valence-electron chi connectivity index (χ0n) is 27.7. The molecule has 2 aliphatic rings. The number of cyclic esters (lactones) is 1. The molecule has 248 valence electrons. The Morgan fingerprint density at radius 1 is 0.870 bits per heavy atom. The molecule has 5 rings (SSSR count). The molecule has 2 heterocycles. The molecule has 0 bridgehead atoms. The molecule has 3 aromatic rings. The molecule has 0 aliphatic carbocycles. The van der Waals surface area contributed by atoms with E-state index in [-0.39, 0.29) is 19.0 Å². The highest BCUT2D eigenvalue weighted by Gasteiger charge is 2.34. The molecule has 1 atom stereocenters. The first-order chi connectivity index (χ1) is 22.0. The summed E-state index contributed by atoms with van der Waals surface area (Å²) < 4.78 is 40.2. The number of amides is 1. The second-order valence-corrected chi connectivity index (χ2v) is 19.0. The molecular weight excluding hydrogens is 602 g/mol. The molecule has 46 heavy (non-hydrogen) atoms. The molecule has 3 aromatic carbocycles. The number of benzene rings is 3. The number of carbonyl (C=O) groups excluding carboxylic acids is 1. The lowest BCUT2D eigenvalue weighted by molar-refractivity contribution is -0.180. The van der Waals surface area contributed by atoms with Crippen molar-refractivity contribution in [3.8, 4) is 17.2 Å². The van der Waals surface area contributed by atoms with Crippen LogP contribution in [-0.2, 0) is 38.6 Å². The van der Waals surface area contributed by atoms with E-state index in [1.807, 2.05) is 80.6 Å². The first-order valence-electron chi connectivity index (χ1n) is 16.0. The van der Waals surface area contributed by atoms with E-state index in [0.29, 0.717) is 39.5 Å². The van der Waals surface area contributed by atoms with Gasteiger partial charge in [-0.2, -0.15) is 0 Å². The van der Waals surface area contributed by atoms with Gasteiger partial charge in [-0.3, -0.25) is 0 Å². The first kappa shape index (κ1) is 33.8. The zero-order chi connectivity index (χ0) is 32.6. The number of hydrogen-bond donors (Lipinski definition) is 0. The average molecular weight is 650 g/mol. The lowest BCUT2D eigenvalue weighted by atomic mass is 10.0. The summed E-state index contributed by atoms with van der Waals surface area (Å²) in [4.78, 5) is 14.3. The van der Waals surface area contributed by atoms with Crippen LogP contribution >= 0.6 is 0 Å². The van der Waals surface area contributed by atoms with Crippen LogP contribution in [0.3, 0.4) is 0 Å². The van der Waals surface area contributed by atoms with Gasteiger partial charge in [-0.1, -0.05) is 50.0 Å². The summed E-state index contributed by atoms with van der Waals surface area (Å²) in [6, 6.07) is 22.9. The van der Waals surface area contributed by atoms with Crippen LogP contribution in [0.4, 0.5) is 4.79 Å². The molecule has 0 N–H and O–H groups in total. The van der Waals surface area contributed by atoms with Crippen molar-refractivity contribution in [1.29, 1.82) is 0 Å². The number of carbonyl (C=O) groups is 1. The van der Waals surface area contributed by atoms with Gasteiger partial charge < -0.3 is 38.1 Å². The van der Waals surface area contributed by atoms with E-state index >= 15 is 0 Å². The number of hydrogen-bond acceptors (Lipinski definition) is 8. The summed E-state index contributed by atoms with van der Waals surface area (Å²) in [6.45, 7) is 14.8. The maximum absolute atomic E-state index is 12.6. The highest BCUT2D eigenvalue weighted by atomic mass is 28.3.